The molecule has 0 aliphatic heterocycles. The van der Waals surface area contributed by atoms with Gasteiger partial charge in [0, 0.05) is 5.56 Å². The lowest BCUT2D eigenvalue weighted by molar-refractivity contribution is 0.0695. The second-order valence-corrected chi connectivity index (χ2v) is 4.83. The number of pyridine rings is 1. The quantitative estimate of drug-likeness (QED) is 0.521. The molecule has 10 nitrogen and oxygen atoms in total. The Kier molecular flexibility index (Phi) is 4.54. The van der Waals surface area contributed by atoms with Gasteiger partial charge in [-0.25, -0.2) is 9.59 Å². The summed E-state index contributed by atoms with van der Waals surface area (Å²) in [5, 5.41) is 28.7. The van der Waals surface area contributed by atoms with Gasteiger partial charge in [-0.1, -0.05) is 0 Å². The number of aromatic amines is 1. The number of nitrogens with two attached hydrogens (primary N) is 1. The number of phenolic OH excluding ortho intramolecular Hbond substituents is 1. The van der Waals surface area contributed by atoms with E-state index < -0.39 is 40.0 Å². The number of carboxylic acid groups (broad SMARTS) is 2. The number of nitrogens with one attached hydrogen (secondary N) is 1. The number of benzene rings is 1. The van der Waals surface area contributed by atoms with Crippen molar-refractivity contribution in [3.63, 3.8) is 0 Å². The summed E-state index contributed by atoms with van der Waals surface area (Å²) in [6.07, 6.45) is 0. The standard InChI is InChI=1S/C15H14N2O8/c1-24-6-3-5(4-7(25-2)11(6)18)8-9(14(20)21)12(16)17-13(19)10(8)15(22)23/h3-4,18H,1-2H3,(H,20,21)(H,22,23)(H3,16,17,19). The van der Waals surface area contributed by atoms with Gasteiger partial charge in [-0.05, 0) is 17.7 Å². The molecule has 6 N–H and O–H groups in total. The third-order valence-corrected chi connectivity index (χ3v) is 3.44. The molecule has 0 radical (unpaired) electrons. The first-order valence-electron chi connectivity index (χ1n) is 6.70. The number of carboxylic acids is 2. The van der Waals surface area contributed by atoms with E-state index in [9.17, 15) is 29.7 Å². The van der Waals surface area contributed by atoms with Crippen molar-refractivity contribution in [2.75, 3.05) is 20.0 Å². The minimum Gasteiger partial charge on any atom is -0.502 e. The van der Waals surface area contributed by atoms with Crippen LogP contribution in [-0.4, -0.2) is 46.5 Å². The van der Waals surface area contributed by atoms with Gasteiger partial charge in [0.25, 0.3) is 5.56 Å². The number of nitrogen functional groups attached to an aromatic ring is 1. The molecule has 0 aliphatic rings. The predicted octanol–water partition coefficient (Wildman–Crippen LogP) is 0.743. The Morgan fingerprint density at radius 3 is 1.92 bits per heavy atom. The topological polar surface area (TPSA) is 172 Å². The Bertz CT molecular complexity index is 907. The van der Waals surface area contributed by atoms with Crippen LogP contribution in [0.5, 0.6) is 17.2 Å². The molecule has 0 saturated heterocycles. The summed E-state index contributed by atoms with van der Waals surface area (Å²) in [6.45, 7) is 0. The summed E-state index contributed by atoms with van der Waals surface area (Å²) in [6, 6.07) is 2.34. The normalized spacial score (nSPS) is 10.3. The fraction of sp³-hybridized carbons (Fsp3) is 0.133. The third kappa shape index (κ3) is 2.92. The molecule has 0 amide bonds. The van der Waals surface area contributed by atoms with Crippen LogP contribution < -0.4 is 20.8 Å². The Hall–Kier alpha value is -3.69. The third-order valence-electron chi connectivity index (χ3n) is 3.44. The highest BCUT2D eigenvalue weighted by molar-refractivity contribution is 6.07. The van der Waals surface area contributed by atoms with Gasteiger partial charge in [-0.15, -0.1) is 0 Å². The van der Waals surface area contributed by atoms with E-state index in [1.54, 1.807) is 0 Å². The molecule has 0 fully saturated rings. The van der Waals surface area contributed by atoms with Crippen LogP contribution in [0.1, 0.15) is 20.7 Å². The molecule has 0 unspecified atom stereocenters. The van der Waals surface area contributed by atoms with Crippen molar-refractivity contribution >= 4 is 17.8 Å². The molecule has 0 saturated carbocycles. The molecule has 1 aromatic heterocycles. The highest BCUT2D eigenvalue weighted by atomic mass is 16.5. The van der Waals surface area contributed by atoms with Crippen molar-refractivity contribution < 1.29 is 34.4 Å². The second kappa shape index (κ2) is 6.43. The first-order chi connectivity index (χ1) is 11.7. The van der Waals surface area contributed by atoms with Gasteiger partial charge < -0.3 is 35.5 Å². The number of hydrogen-bond donors (Lipinski definition) is 5. The van der Waals surface area contributed by atoms with Crippen molar-refractivity contribution in [2.45, 2.75) is 0 Å². The van der Waals surface area contributed by atoms with Crippen LogP contribution in [-0.2, 0) is 0 Å². The number of phenols is 1. The van der Waals surface area contributed by atoms with Gasteiger partial charge in [-0.2, -0.15) is 0 Å². The number of hydrogen-bond acceptors (Lipinski definition) is 7. The number of aromatic carboxylic acids is 2. The van der Waals surface area contributed by atoms with Crippen molar-refractivity contribution in [3.05, 3.63) is 33.6 Å². The number of aromatic hydroxyl groups is 1. The zero-order valence-corrected chi connectivity index (χ0v) is 13.1. The first-order valence-corrected chi connectivity index (χ1v) is 6.70. The maximum absolute atomic E-state index is 12.0. The van der Waals surface area contributed by atoms with Crippen molar-refractivity contribution in [1.29, 1.82) is 0 Å². The molecule has 0 spiro atoms. The lowest BCUT2D eigenvalue weighted by Gasteiger charge is -2.15. The molecule has 1 aromatic carbocycles. The van der Waals surface area contributed by atoms with Gasteiger partial charge in [0.1, 0.15) is 16.9 Å². The number of methoxy groups -OCH3 is 2. The molecule has 10 heteroatoms. The van der Waals surface area contributed by atoms with Gasteiger partial charge in [0.05, 0.1) is 14.2 Å². The summed E-state index contributed by atoms with van der Waals surface area (Å²) >= 11 is 0. The molecule has 132 valence electrons. The molecular weight excluding hydrogens is 336 g/mol. The highest BCUT2D eigenvalue weighted by Gasteiger charge is 2.28. The summed E-state index contributed by atoms with van der Waals surface area (Å²) < 4.78 is 9.94. The largest absolute Gasteiger partial charge is 0.502 e. The SMILES string of the molecule is COc1cc(-c2c(C(=O)O)c(N)[nH]c(=O)c2C(=O)O)cc(OC)c1O. The first kappa shape index (κ1) is 17.7. The van der Waals surface area contributed by atoms with E-state index in [0.29, 0.717) is 0 Å². The van der Waals surface area contributed by atoms with E-state index in [1.165, 1.54) is 26.4 Å². The smallest absolute Gasteiger partial charge is 0.342 e. The lowest BCUT2D eigenvalue weighted by Crippen LogP contribution is -2.24. The van der Waals surface area contributed by atoms with Crippen molar-refractivity contribution in [2.24, 2.45) is 0 Å². The van der Waals surface area contributed by atoms with E-state index in [2.05, 4.69) is 0 Å². The summed E-state index contributed by atoms with van der Waals surface area (Å²) in [5.74, 6) is -4.30. The minimum atomic E-state index is -1.65. The van der Waals surface area contributed by atoms with Crippen LogP contribution in [0.25, 0.3) is 11.1 Å². The molecule has 0 bridgehead atoms. The Morgan fingerprint density at radius 2 is 1.52 bits per heavy atom. The van der Waals surface area contributed by atoms with Crippen LogP contribution in [0.4, 0.5) is 5.82 Å². The van der Waals surface area contributed by atoms with Crippen LogP contribution >= 0.6 is 0 Å². The number of aromatic nitrogens is 1. The number of ether oxygens (including phenoxy) is 2. The maximum Gasteiger partial charge on any atom is 0.342 e. The molecule has 0 aliphatic carbocycles. The molecule has 1 heterocycles. The molecule has 2 rings (SSSR count). The zero-order valence-electron chi connectivity index (χ0n) is 13.1. The van der Waals surface area contributed by atoms with Gasteiger partial charge in [0.2, 0.25) is 5.75 Å². The van der Waals surface area contributed by atoms with Crippen LogP contribution in [0, 0.1) is 0 Å². The fourth-order valence-corrected chi connectivity index (χ4v) is 2.37. The van der Waals surface area contributed by atoms with Gasteiger partial charge in [0.15, 0.2) is 11.5 Å². The number of rotatable bonds is 5. The van der Waals surface area contributed by atoms with E-state index >= 15 is 0 Å². The average Bonchev–Trinajstić information content (AvgIpc) is 2.53. The zero-order chi connectivity index (χ0) is 18.9. The number of H-pyrrole nitrogens is 1. The molecule has 2 aromatic rings. The lowest BCUT2D eigenvalue weighted by atomic mass is 9.95. The van der Waals surface area contributed by atoms with E-state index in [4.69, 9.17) is 15.2 Å². The van der Waals surface area contributed by atoms with Gasteiger partial charge >= 0.3 is 11.9 Å². The second-order valence-electron chi connectivity index (χ2n) is 4.83. The van der Waals surface area contributed by atoms with Gasteiger partial charge in [-0.3, -0.25) is 4.79 Å². The Balaban J connectivity index is 3.03. The van der Waals surface area contributed by atoms with Crippen molar-refractivity contribution in [1.82, 2.24) is 4.98 Å². The number of anilines is 1. The Morgan fingerprint density at radius 1 is 1.04 bits per heavy atom. The maximum atomic E-state index is 12.0. The Labute approximate surface area is 140 Å². The van der Waals surface area contributed by atoms with Crippen LogP contribution in [0.3, 0.4) is 0 Å². The average molecular weight is 350 g/mol. The predicted molar refractivity (Wildman–Crippen MR) is 85.6 cm³/mol. The van der Waals surface area contributed by atoms with E-state index in [1.807, 2.05) is 4.98 Å². The van der Waals surface area contributed by atoms with E-state index in [-0.39, 0.29) is 22.8 Å². The molecular formula is C15H14N2O8. The monoisotopic (exact) mass is 350 g/mol. The summed E-state index contributed by atoms with van der Waals surface area (Å²) in [5.41, 5.74) is 2.59. The van der Waals surface area contributed by atoms with Crippen LogP contribution in [0.2, 0.25) is 0 Å². The highest BCUT2D eigenvalue weighted by Crippen LogP contribution is 2.42. The summed E-state index contributed by atoms with van der Waals surface area (Å²) in [7, 11) is 2.47. The molecule has 0 atom stereocenters. The number of carbonyl (C=O) groups is 2. The van der Waals surface area contributed by atoms with Crippen LogP contribution in [0.15, 0.2) is 16.9 Å². The fourth-order valence-electron chi connectivity index (χ4n) is 2.37. The van der Waals surface area contributed by atoms with Crippen molar-refractivity contribution in [3.8, 4) is 28.4 Å². The molecule has 25 heavy (non-hydrogen) atoms. The summed E-state index contributed by atoms with van der Waals surface area (Å²) in [4.78, 5) is 37.1. The van der Waals surface area contributed by atoms with E-state index in [0.717, 1.165) is 0 Å². The minimum absolute atomic E-state index is 0.0425.